The maximum absolute atomic E-state index is 14.2. The summed E-state index contributed by atoms with van der Waals surface area (Å²) in [5, 5.41) is 3.99. The van der Waals surface area contributed by atoms with Gasteiger partial charge >= 0.3 is 0 Å². The largest absolute Gasteiger partial charge is 0.346 e. The van der Waals surface area contributed by atoms with E-state index in [9.17, 15) is 4.39 Å². The number of aromatic nitrogens is 4. The first-order chi connectivity index (χ1) is 15.2. The van der Waals surface area contributed by atoms with E-state index in [4.69, 9.17) is 4.52 Å². The fourth-order valence-electron chi connectivity index (χ4n) is 3.92. The van der Waals surface area contributed by atoms with E-state index >= 15 is 0 Å². The van der Waals surface area contributed by atoms with Crippen molar-refractivity contribution in [3.05, 3.63) is 78.5 Å². The number of benzene rings is 2. The van der Waals surface area contributed by atoms with Crippen molar-refractivity contribution in [3.63, 3.8) is 0 Å². The molecule has 156 valence electrons. The van der Waals surface area contributed by atoms with E-state index in [0.29, 0.717) is 5.56 Å². The summed E-state index contributed by atoms with van der Waals surface area (Å²) in [6, 6.07) is 16.8. The molecule has 1 fully saturated rings. The van der Waals surface area contributed by atoms with Crippen LogP contribution in [0.5, 0.6) is 0 Å². The maximum atomic E-state index is 14.2. The average Bonchev–Trinajstić information content (AvgIpc) is 3.30. The zero-order valence-corrected chi connectivity index (χ0v) is 17.0. The van der Waals surface area contributed by atoms with Crippen LogP contribution in [0.1, 0.15) is 11.6 Å². The van der Waals surface area contributed by atoms with Crippen LogP contribution in [0.4, 0.5) is 10.2 Å². The quantitative estimate of drug-likeness (QED) is 0.501. The second kappa shape index (κ2) is 8.23. The third-order valence-corrected chi connectivity index (χ3v) is 5.50. The van der Waals surface area contributed by atoms with E-state index in [1.165, 1.54) is 18.0 Å². The Morgan fingerprint density at radius 1 is 1.00 bits per heavy atom. The Labute approximate surface area is 179 Å². The van der Waals surface area contributed by atoms with Crippen molar-refractivity contribution < 1.29 is 8.91 Å². The Balaban J connectivity index is 1.55. The molecular formula is C23H21FN6O. The average molecular weight is 416 g/mol. The molecule has 1 saturated heterocycles. The van der Waals surface area contributed by atoms with Gasteiger partial charge in [-0.25, -0.2) is 14.4 Å². The van der Waals surface area contributed by atoms with Crippen LogP contribution in [0.25, 0.3) is 22.8 Å². The van der Waals surface area contributed by atoms with Gasteiger partial charge < -0.3 is 14.3 Å². The van der Waals surface area contributed by atoms with E-state index in [1.807, 2.05) is 18.2 Å². The van der Waals surface area contributed by atoms with Crippen molar-refractivity contribution in [2.45, 2.75) is 6.04 Å². The van der Waals surface area contributed by atoms with E-state index in [1.54, 1.807) is 24.4 Å². The molecule has 31 heavy (non-hydrogen) atoms. The fourth-order valence-corrected chi connectivity index (χ4v) is 3.92. The van der Waals surface area contributed by atoms with Crippen molar-refractivity contribution in [3.8, 4) is 22.8 Å². The van der Waals surface area contributed by atoms with Gasteiger partial charge in [-0.05, 0) is 24.7 Å². The van der Waals surface area contributed by atoms with Gasteiger partial charge in [0.05, 0.1) is 11.6 Å². The first kappa shape index (κ1) is 19.3. The summed E-state index contributed by atoms with van der Waals surface area (Å²) in [6.45, 7) is 2.54. The molecule has 3 heterocycles. The highest BCUT2D eigenvalue weighted by Crippen LogP contribution is 2.35. The van der Waals surface area contributed by atoms with Gasteiger partial charge in [0.15, 0.2) is 0 Å². The lowest BCUT2D eigenvalue weighted by atomic mass is 10.0. The van der Waals surface area contributed by atoms with Crippen molar-refractivity contribution in [2.75, 3.05) is 31.6 Å². The van der Waals surface area contributed by atoms with Crippen LogP contribution in [0.15, 0.2) is 71.6 Å². The van der Waals surface area contributed by atoms with Crippen molar-refractivity contribution >= 4 is 5.82 Å². The predicted molar refractivity (Wildman–Crippen MR) is 115 cm³/mol. The van der Waals surface area contributed by atoms with Gasteiger partial charge in [-0.15, -0.1) is 0 Å². The van der Waals surface area contributed by atoms with E-state index < -0.39 is 5.82 Å². The van der Waals surface area contributed by atoms with Crippen LogP contribution in [-0.4, -0.2) is 51.7 Å². The Morgan fingerprint density at radius 3 is 2.65 bits per heavy atom. The molecule has 0 bridgehead atoms. The van der Waals surface area contributed by atoms with Crippen LogP contribution in [0, 0.1) is 5.82 Å². The van der Waals surface area contributed by atoms with E-state index in [-0.39, 0.29) is 23.3 Å². The van der Waals surface area contributed by atoms with Crippen LogP contribution in [0.3, 0.4) is 0 Å². The maximum Gasteiger partial charge on any atom is 0.263 e. The summed E-state index contributed by atoms with van der Waals surface area (Å²) in [7, 11) is 2.12. The minimum atomic E-state index is -0.400. The normalized spacial score (nSPS) is 17.1. The molecule has 1 unspecified atom stereocenters. The molecule has 0 saturated carbocycles. The van der Waals surface area contributed by atoms with Crippen LogP contribution < -0.4 is 4.90 Å². The monoisotopic (exact) mass is 416 g/mol. The summed E-state index contributed by atoms with van der Waals surface area (Å²) in [6.07, 6.45) is 3.19. The first-order valence-corrected chi connectivity index (χ1v) is 10.1. The molecule has 1 aliphatic rings. The van der Waals surface area contributed by atoms with Gasteiger partial charge in [0.2, 0.25) is 5.82 Å². The topological polar surface area (TPSA) is 71.2 Å². The number of anilines is 1. The number of nitrogens with zero attached hydrogens (tertiary/aromatic N) is 6. The number of hydrogen-bond donors (Lipinski definition) is 0. The van der Waals surface area contributed by atoms with Gasteiger partial charge in [0, 0.05) is 25.8 Å². The summed E-state index contributed by atoms with van der Waals surface area (Å²) in [4.78, 5) is 17.8. The highest BCUT2D eigenvalue weighted by atomic mass is 19.1. The molecule has 7 nitrogen and oxygen atoms in total. The summed E-state index contributed by atoms with van der Waals surface area (Å²) in [5.74, 6) is 0.781. The van der Waals surface area contributed by atoms with Gasteiger partial charge in [-0.1, -0.05) is 47.6 Å². The molecule has 1 aliphatic heterocycles. The van der Waals surface area contributed by atoms with E-state index in [0.717, 1.165) is 25.5 Å². The molecule has 0 radical (unpaired) electrons. The lowest BCUT2D eigenvalue weighted by molar-refractivity contribution is 0.268. The zero-order chi connectivity index (χ0) is 21.2. The predicted octanol–water partition coefficient (Wildman–Crippen LogP) is 3.83. The second-order valence-corrected chi connectivity index (χ2v) is 7.55. The van der Waals surface area contributed by atoms with Crippen LogP contribution in [-0.2, 0) is 0 Å². The molecular weight excluding hydrogens is 395 g/mol. The second-order valence-electron chi connectivity index (χ2n) is 7.55. The van der Waals surface area contributed by atoms with Gasteiger partial charge in [-0.2, -0.15) is 4.98 Å². The molecule has 4 aromatic rings. The number of likely N-dealkylation sites (N-methyl/N-ethyl adjacent to an activating group) is 1. The van der Waals surface area contributed by atoms with Crippen LogP contribution >= 0.6 is 0 Å². The molecule has 2 aromatic carbocycles. The van der Waals surface area contributed by atoms with Crippen molar-refractivity contribution in [1.82, 2.24) is 25.0 Å². The van der Waals surface area contributed by atoms with Crippen LogP contribution in [0.2, 0.25) is 0 Å². The number of rotatable bonds is 4. The molecule has 0 aliphatic carbocycles. The molecule has 2 aromatic heterocycles. The minimum absolute atomic E-state index is 0.113. The van der Waals surface area contributed by atoms with Crippen molar-refractivity contribution in [1.29, 1.82) is 0 Å². The standard InChI is InChI=1S/C23H21FN6O/c1-29-11-12-30(20(14-29)16-7-3-2-4-8-16)22-18(13-25-15-26-22)23-27-21(28-31-23)17-9-5-6-10-19(17)24/h2-10,13,15,20H,11-12,14H2,1H3. The highest BCUT2D eigenvalue weighted by molar-refractivity contribution is 5.71. The van der Waals surface area contributed by atoms with Gasteiger partial charge in [0.25, 0.3) is 5.89 Å². The minimum Gasteiger partial charge on any atom is -0.346 e. The third kappa shape index (κ3) is 3.77. The highest BCUT2D eigenvalue weighted by Gasteiger charge is 2.30. The SMILES string of the molecule is CN1CCN(c2ncncc2-c2nc(-c3ccccc3F)no2)C(c2ccccc2)C1. The van der Waals surface area contributed by atoms with Gasteiger partial charge in [0.1, 0.15) is 23.5 Å². The lowest BCUT2D eigenvalue weighted by Gasteiger charge is -2.41. The number of piperazine rings is 1. The van der Waals surface area contributed by atoms with E-state index in [2.05, 4.69) is 49.1 Å². The Kier molecular flexibility index (Phi) is 5.13. The Morgan fingerprint density at radius 2 is 1.81 bits per heavy atom. The fraction of sp³-hybridized carbons (Fsp3) is 0.217. The third-order valence-electron chi connectivity index (χ3n) is 5.50. The molecule has 8 heteroatoms. The number of halogens is 1. The molecule has 1 atom stereocenters. The Hall–Kier alpha value is -3.65. The summed E-state index contributed by atoms with van der Waals surface area (Å²) < 4.78 is 19.7. The smallest absolute Gasteiger partial charge is 0.263 e. The van der Waals surface area contributed by atoms with Gasteiger partial charge in [-0.3, -0.25) is 0 Å². The Bertz CT molecular complexity index is 1180. The number of hydrogen-bond acceptors (Lipinski definition) is 7. The molecule has 0 spiro atoms. The zero-order valence-electron chi connectivity index (χ0n) is 17.0. The first-order valence-electron chi connectivity index (χ1n) is 10.1. The lowest BCUT2D eigenvalue weighted by Crippen LogP contribution is -2.47. The summed E-state index contributed by atoms with van der Waals surface area (Å²) in [5.41, 5.74) is 2.12. The molecule has 0 N–H and O–H groups in total. The summed E-state index contributed by atoms with van der Waals surface area (Å²) >= 11 is 0. The van der Waals surface area contributed by atoms with Crippen molar-refractivity contribution in [2.24, 2.45) is 0 Å². The molecule has 5 rings (SSSR count). The molecule has 0 amide bonds.